The highest BCUT2D eigenvalue weighted by Gasteiger charge is 2.57. The number of aromatic nitrogens is 2. The fourth-order valence-corrected chi connectivity index (χ4v) is 4.94. The lowest BCUT2D eigenvalue weighted by Crippen LogP contribution is -2.44. The molecule has 2 fully saturated rings. The van der Waals surface area contributed by atoms with Gasteiger partial charge < -0.3 is 10.0 Å². The van der Waals surface area contributed by atoms with Crippen LogP contribution in [0.25, 0.3) is 0 Å². The third-order valence-corrected chi connectivity index (χ3v) is 6.13. The van der Waals surface area contributed by atoms with Crippen molar-refractivity contribution in [3.8, 4) is 0 Å². The number of aryl methyl sites for hydroxylation is 1. The van der Waals surface area contributed by atoms with E-state index in [-0.39, 0.29) is 41.4 Å². The van der Waals surface area contributed by atoms with Crippen LogP contribution in [0.15, 0.2) is 36.4 Å². The minimum Gasteiger partial charge on any atom is -0.396 e. The molecule has 1 aromatic carbocycles. The van der Waals surface area contributed by atoms with E-state index in [1.807, 2.05) is 30.3 Å². The Bertz CT molecular complexity index is 839. The van der Waals surface area contributed by atoms with Crippen molar-refractivity contribution in [3.63, 3.8) is 0 Å². The van der Waals surface area contributed by atoms with Gasteiger partial charge in [-0.3, -0.25) is 4.79 Å². The summed E-state index contributed by atoms with van der Waals surface area (Å²) < 4.78 is 26.6. The molecule has 3 heterocycles. The average Bonchev–Trinajstić information content (AvgIpc) is 3.33. The predicted octanol–water partition coefficient (Wildman–Crippen LogP) is 3.18. The SMILES string of the molecule is Cc1cc(C(=O)N2[C@@H]3CC[C@H]2[C@](CO)(Cc2ccccc2)C3)nn1C(F)F. The average molecular weight is 375 g/mol. The largest absolute Gasteiger partial charge is 0.396 e. The molecule has 1 amide bonds. The van der Waals surface area contributed by atoms with Crippen LogP contribution in [0, 0.1) is 12.3 Å². The highest BCUT2D eigenvalue weighted by molar-refractivity contribution is 5.93. The number of rotatable bonds is 5. The number of carbonyl (C=O) groups excluding carboxylic acids is 1. The van der Waals surface area contributed by atoms with Crippen molar-refractivity contribution in [2.75, 3.05) is 6.61 Å². The van der Waals surface area contributed by atoms with Gasteiger partial charge in [0.2, 0.25) is 0 Å². The predicted molar refractivity (Wildman–Crippen MR) is 95.5 cm³/mol. The molecule has 5 nitrogen and oxygen atoms in total. The lowest BCUT2D eigenvalue weighted by molar-refractivity contribution is 0.0507. The Kier molecular flexibility index (Phi) is 4.50. The normalized spacial score (nSPS) is 26.9. The number of halogens is 2. The molecule has 3 atom stereocenters. The van der Waals surface area contributed by atoms with E-state index in [0.29, 0.717) is 11.1 Å². The molecule has 2 aliphatic heterocycles. The Morgan fingerprint density at radius 3 is 2.70 bits per heavy atom. The van der Waals surface area contributed by atoms with Gasteiger partial charge in [0.1, 0.15) is 0 Å². The Morgan fingerprint density at radius 2 is 2.07 bits per heavy atom. The first-order valence-corrected chi connectivity index (χ1v) is 9.27. The maximum atomic E-state index is 13.1. The summed E-state index contributed by atoms with van der Waals surface area (Å²) >= 11 is 0. The van der Waals surface area contributed by atoms with Gasteiger partial charge in [-0.1, -0.05) is 30.3 Å². The molecule has 144 valence electrons. The number of hydrogen-bond acceptors (Lipinski definition) is 3. The van der Waals surface area contributed by atoms with E-state index in [2.05, 4.69) is 5.10 Å². The Balaban J connectivity index is 1.61. The zero-order valence-electron chi connectivity index (χ0n) is 15.2. The first-order chi connectivity index (χ1) is 12.9. The number of benzene rings is 1. The molecule has 0 spiro atoms. The lowest BCUT2D eigenvalue weighted by atomic mass is 9.70. The molecule has 2 aromatic rings. The Hall–Kier alpha value is -2.28. The van der Waals surface area contributed by atoms with Gasteiger partial charge in [-0.25, -0.2) is 4.68 Å². The molecule has 4 rings (SSSR count). The zero-order chi connectivity index (χ0) is 19.2. The van der Waals surface area contributed by atoms with Crippen molar-refractivity contribution < 1.29 is 18.7 Å². The zero-order valence-corrected chi connectivity index (χ0v) is 15.2. The molecule has 27 heavy (non-hydrogen) atoms. The molecule has 0 aliphatic carbocycles. The topological polar surface area (TPSA) is 58.4 Å². The molecule has 7 heteroatoms. The summed E-state index contributed by atoms with van der Waals surface area (Å²) in [7, 11) is 0. The number of hydrogen-bond donors (Lipinski definition) is 1. The van der Waals surface area contributed by atoms with Gasteiger partial charge in [0.25, 0.3) is 5.91 Å². The summed E-state index contributed by atoms with van der Waals surface area (Å²) in [6.07, 6.45) is 3.11. The van der Waals surface area contributed by atoms with E-state index in [1.165, 1.54) is 13.0 Å². The first-order valence-electron chi connectivity index (χ1n) is 9.27. The van der Waals surface area contributed by atoms with Crippen molar-refractivity contribution in [2.45, 2.75) is 51.2 Å². The molecule has 0 unspecified atom stereocenters. The van der Waals surface area contributed by atoms with Crippen molar-refractivity contribution in [2.24, 2.45) is 5.41 Å². The van der Waals surface area contributed by atoms with E-state index < -0.39 is 6.55 Å². The summed E-state index contributed by atoms with van der Waals surface area (Å²) in [6, 6.07) is 11.3. The standard InChI is InChI=1S/C20H23F2N3O2/c1-13-9-16(23-25(13)19(21)22)18(27)24-15-7-8-17(24)20(11-15,12-26)10-14-5-3-2-4-6-14/h2-6,9,15,17,19,26H,7-8,10-12H2,1H3/t15-,17+,20-/m1/s1. The van der Waals surface area contributed by atoms with E-state index in [1.54, 1.807) is 4.90 Å². The molecule has 0 saturated carbocycles. The van der Waals surface area contributed by atoms with Crippen LogP contribution >= 0.6 is 0 Å². The molecular weight excluding hydrogens is 352 g/mol. The second-order valence-corrected chi connectivity index (χ2v) is 7.74. The van der Waals surface area contributed by atoms with Crippen molar-refractivity contribution in [3.05, 3.63) is 53.3 Å². The minimum atomic E-state index is -2.77. The summed E-state index contributed by atoms with van der Waals surface area (Å²) in [5.41, 5.74) is 1.06. The number of carbonyl (C=O) groups is 1. The molecule has 2 aliphatic rings. The quantitative estimate of drug-likeness (QED) is 0.873. The number of amides is 1. The Labute approximate surface area is 156 Å². The summed E-state index contributed by atoms with van der Waals surface area (Å²) in [5, 5.41) is 14.1. The van der Waals surface area contributed by atoms with Gasteiger partial charge >= 0.3 is 6.55 Å². The molecule has 1 aromatic heterocycles. The number of fused-ring (bicyclic) bond motifs is 2. The smallest absolute Gasteiger partial charge is 0.333 e. The van der Waals surface area contributed by atoms with E-state index in [0.717, 1.165) is 24.8 Å². The van der Waals surface area contributed by atoms with Crippen LogP contribution in [0.3, 0.4) is 0 Å². The van der Waals surface area contributed by atoms with E-state index in [9.17, 15) is 18.7 Å². The number of alkyl halides is 2. The van der Waals surface area contributed by atoms with E-state index >= 15 is 0 Å². The maximum absolute atomic E-state index is 13.1. The fourth-order valence-electron chi connectivity index (χ4n) is 4.94. The van der Waals surface area contributed by atoms with Crippen LogP contribution in [0.1, 0.15) is 47.6 Å². The van der Waals surface area contributed by atoms with E-state index in [4.69, 9.17) is 0 Å². The van der Waals surface area contributed by atoms with Crippen molar-refractivity contribution in [1.29, 1.82) is 0 Å². The highest BCUT2D eigenvalue weighted by Crippen LogP contribution is 2.51. The Morgan fingerprint density at radius 1 is 1.33 bits per heavy atom. The highest BCUT2D eigenvalue weighted by atomic mass is 19.3. The van der Waals surface area contributed by atoms with Crippen LogP contribution in [0.4, 0.5) is 8.78 Å². The molecule has 2 saturated heterocycles. The van der Waals surface area contributed by atoms with Gasteiger partial charge in [-0.05, 0) is 44.2 Å². The lowest BCUT2D eigenvalue weighted by Gasteiger charge is -2.36. The fraction of sp³-hybridized carbons (Fsp3) is 0.500. The van der Waals surface area contributed by atoms with Crippen LogP contribution < -0.4 is 0 Å². The molecular formula is C20H23F2N3O2. The third-order valence-electron chi connectivity index (χ3n) is 6.13. The molecule has 0 radical (unpaired) electrons. The first kappa shape index (κ1) is 18.1. The summed E-state index contributed by atoms with van der Waals surface area (Å²) in [5.74, 6) is -0.312. The van der Waals surface area contributed by atoms with Gasteiger partial charge in [0, 0.05) is 23.2 Å². The third kappa shape index (κ3) is 2.94. The van der Waals surface area contributed by atoms with Crippen LogP contribution in [-0.4, -0.2) is 44.4 Å². The van der Waals surface area contributed by atoms with Crippen LogP contribution in [0.2, 0.25) is 0 Å². The molecule has 1 N–H and O–H groups in total. The number of aliphatic hydroxyl groups excluding tert-OH is 1. The van der Waals surface area contributed by atoms with Gasteiger partial charge in [-0.2, -0.15) is 13.9 Å². The minimum absolute atomic E-state index is 0.00264. The number of aliphatic hydroxyl groups is 1. The summed E-state index contributed by atoms with van der Waals surface area (Å²) in [6.45, 7) is -1.25. The van der Waals surface area contributed by atoms with Crippen LogP contribution in [0.5, 0.6) is 0 Å². The van der Waals surface area contributed by atoms with Crippen molar-refractivity contribution >= 4 is 5.91 Å². The van der Waals surface area contributed by atoms with Crippen LogP contribution in [-0.2, 0) is 6.42 Å². The van der Waals surface area contributed by atoms with Gasteiger partial charge in [0.05, 0.1) is 6.61 Å². The monoisotopic (exact) mass is 375 g/mol. The molecule has 2 bridgehead atoms. The number of nitrogens with zero attached hydrogens (tertiary/aromatic N) is 3. The van der Waals surface area contributed by atoms with Crippen molar-refractivity contribution in [1.82, 2.24) is 14.7 Å². The van der Waals surface area contributed by atoms with Gasteiger partial charge in [0.15, 0.2) is 5.69 Å². The second kappa shape index (κ2) is 6.71. The maximum Gasteiger partial charge on any atom is 0.333 e. The summed E-state index contributed by atoms with van der Waals surface area (Å²) in [4.78, 5) is 14.9. The second-order valence-electron chi connectivity index (χ2n) is 7.74. The van der Waals surface area contributed by atoms with Gasteiger partial charge in [-0.15, -0.1) is 0 Å².